The van der Waals surface area contributed by atoms with Crippen LogP contribution >= 0.6 is 0 Å². The third-order valence-corrected chi connectivity index (χ3v) is 3.70. The Bertz CT molecular complexity index is 562. The van der Waals surface area contributed by atoms with E-state index in [1.54, 1.807) is 7.11 Å². The maximum atomic E-state index is 6.08. The largest absolute Gasteiger partial charge is 0.496 e. The summed E-state index contributed by atoms with van der Waals surface area (Å²) < 4.78 is 5.41. The van der Waals surface area contributed by atoms with Crippen LogP contribution < -0.4 is 10.5 Å². The molecule has 1 aliphatic rings. The van der Waals surface area contributed by atoms with Crippen LogP contribution in [0, 0.1) is 0 Å². The molecule has 0 spiro atoms. The van der Waals surface area contributed by atoms with Gasteiger partial charge in [-0.05, 0) is 41.8 Å². The highest BCUT2D eigenvalue weighted by Gasteiger charge is 2.18. The van der Waals surface area contributed by atoms with E-state index in [9.17, 15) is 0 Å². The predicted molar refractivity (Wildman–Crippen MR) is 70.5 cm³/mol. The summed E-state index contributed by atoms with van der Waals surface area (Å²) in [4.78, 5) is 0. The zero-order chi connectivity index (χ0) is 11.8. The quantitative estimate of drug-likeness (QED) is 0.813. The van der Waals surface area contributed by atoms with E-state index >= 15 is 0 Å². The van der Waals surface area contributed by atoms with Crippen molar-refractivity contribution in [1.82, 2.24) is 0 Å². The SMILES string of the molecule is COc1cccc2c3c(ccc12)CCC(N)C3. The molecule has 0 aromatic heterocycles. The molecule has 2 nitrogen and oxygen atoms in total. The van der Waals surface area contributed by atoms with Gasteiger partial charge in [0.25, 0.3) is 0 Å². The van der Waals surface area contributed by atoms with Gasteiger partial charge in [-0.1, -0.05) is 24.3 Å². The van der Waals surface area contributed by atoms with Crippen LogP contribution in [0.25, 0.3) is 10.8 Å². The molecule has 0 amide bonds. The number of fused-ring (bicyclic) bond motifs is 3. The smallest absolute Gasteiger partial charge is 0.126 e. The molecule has 0 aliphatic heterocycles. The zero-order valence-corrected chi connectivity index (χ0v) is 10.1. The molecule has 88 valence electrons. The van der Waals surface area contributed by atoms with Crippen molar-refractivity contribution in [3.63, 3.8) is 0 Å². The zero-order valence-electron chi connectivity index (χ0n) is 10.1. The highest BCUT2D eigenvalue weighted by molar-refractivity contribution is 5.92. The molecule has 2 N–H and O–H groups in total. The summed E-state index contributed by atoms with van der Waals surface area (Å²) in [5, 5.41) is 2.50. The minimum atomic E-state index is 0.305. The average Bonchev–Trinajstić information content (AvgIpc) is 2.37. The first-order chi connectivity index (χ1) is 8.29. The molecule has 0 radical (unpaired) electrons. The minimum absolute atomic E-state index is 0.305. The van der Waals surface area contributed by atoms with E-state index in [2.05, 4.69) is 24.3 Å². The summed E-state index contributed by atoms with van der Waals surface area (Å²) >= 11 is 0. The lowest BCUT2D eigenvalue weighted by molar-refractivity contribution is 0.420. The molecule has 3 rings (SSSR count). The van der Waals surface area contributed by atoms with Crippen LogP contribution in [0.1, 0.15) is 17.5 Å². The van der Waals surface area contributed by atoms with Gasteiger partial charge in [0.2, 0.25) is 0 Å². The van der Waals surface area contributed by atoms with E-state index in [1.165, 1.54) is 21.9 Å². The topological polar surface area (TPSA) is 35.2 Å². The first kappa shape index (κ1) is 10.6. The van der Waals surface area contributed by atoms with Crippen LogP contribution in [0.4, 0.5) is 0 Å². The van der Waals surface area contributed by atoms with E-state index in [4.69, 9.17) is 10.5 Å². The van der Waals surface area contributed by atoms with Gasteiger partial charge in [0, 0.05) is 11.4 Å². The molecule has 0 fully saturated rings. The van der Waals surface area contributed by atoms with Gasteiger partial charge < -0.3 is 10.5 Å². The van der Waals surface area contributed by atoms with Gasteiger partial charge in [0.1, 0.15) is 5.75 Å². The Kier molecular flexibility index (Phi) is 2.52. The summed E-state index contributed by atoms with van der Waals surface area (Å²) in [5.41, 5.74) is 8.95. The number of nitrogens with two attached hydrogens (primary N) is 1. The lowest BCUT2D eigenvalue weighted by Gasteiger charge is -2.23. The number of benzene rings is 2. The minimum Gasteiger partial charge on any atom is -0.496 e. The molecule has 2 aromatic rings. The highest BCUT2D eigenvalue weighted by Crippen LogP contribution is 2.33. The van der Waals surface area contributed by atoms with Crippen molar-refractivity contribution in [3.8, 4) is 5.75 Å². The van der Waals surface area contributed by atoms with Gasteiger partial charge in [-0.3, -0.25) is 0 Å². The van der Waals surface area contributed by atoms with Gasteiger partial charge >= 0.3 is 0 Å². The third-order valence-electron chi connectivity index (χ3n) is 3.70. The average molecular weight is 227 g/mol. The molecule has 0 bridgehead atoms. The summed E-state index contributed by atoms with van der Waals surface area (Å²) in [7, 11) is 1.72. The molecule has 2 aromatic carbocycles. The predicted octanol–water partition coefficient (Wildman–Crippen LogP) is 2.66. The Morgan fingerprint density at radius 2 is 2.06 bits per heavy atom. The summed E-state index contributed by atoms with van der Waals surface area (Å²) in [6.07, 6.45) is 3.19. The van der Waals surface area contributed by atoms with Crippen molar-refractivity contribution in [2.24, 2.45) is 5.73 Å². The van der Waals surface area contributed by atoms with Crippen molar-refractivity contribution in [3.05, 3.63) is 41.5 Å². The maximum Gasteiger partial charge on any atom is 0.126 e. The van der Waals surface area contributed by atoms with E-state index < -0.39 is 0 Å². The van der Waals surface area contributed by atoms with Gasteiger partial charge in [-0.25, -0.2) is 0 Å². The molecule has 1 aliphatic carbocycles. The number of methoxy groups -OCH3 is 1. The van der Waals surface area contributed by atoms with Crippen LogP contribution in [0.3, 0.4) is 0 Å². The number of aryl methyl sites for hydroxylation is 1. The number of ether oxygens (including phenoxy) is 1. The molecular formula is C15H17NO. The van der Waals surface area contributed by atoms with Crippen molar-refractivity contribution < 1.29 is 4.74 Å². The van der Waals surface area contributed by atoms with Crippen molar-refractivity contribution in [2.75, 3.05) is 7.11 Å². The van der Waals surface area contributed by atoms with Crippen molar-refractivity contribution >= 4 is 10.8 Å². The number of hydrogen-bond donors (Lipinski definition) is 1. The second-order valence-corrected chi connectivity index (χ2v) is 4.76. The number of hydrogen-bond acceptors (Lipinski definition) is 2. The Balaban J connectivity index is 2.27. The summed E-state index contributed by atoms with van der Waals surface area (Å²) in [6.45, 7) is 0. The molecule has 0 saturated carbocycles. The van der Waals surface area contributed by atoms with Crippen LogP contribution in [-0.4, -0.2) is 13.2 Å². The standard InChI is InChI=1S/C15H17NO/c1-17-15-4-2-3-12-13(15)8-6-10-5-7-11(16)9-14(10)12/h2-4,6,8,11H,5,7,9,16H2,1H3. The number of rotatable bonds is 1. The lowest BCUT2D eigenvalue weighted by atomic mass is 9.85. The first-order valence-electron chi connectivity index (χ1n) is 6.12. The van der Waals surface area contributed by atoms with Gasteiger partial charge in [0.15, 0.2) is 0 Å². The van der Waals surface area contributed by atoms with E-state index in [-0.39, 0.29) is 0 Å². The van der Waals surface area contributed by atoms with Crippen LogP contribution in [-0.2, 0) is 12.8 Å². The second-order valence-electron chi connectivity index (χ2n) is 4.76. The first-order valence-corrected chi connectivity index (χ1v) is 6.12. The van der Waals surface area contributed by atoms with Crippen LogP contribution in [0.2, 0.25) is 0 Å². The van der Waals surface area contributed by atoms with Gasteiger partial charge in [-0.2, -0.15) is 0 Å². The summed E-state index contributed by atoms with van der Waals surface area (Å²) in [6, 6.07) is 10.9. The lowest BCUT2D eigenvalue weighted by Crippen LogP contribution is -2.27. The molecule has 17 heavy (non-hydrogen) atoms. The van der Waals surface area contributed by atoms with E-state index in [1.807, 2.05) is 6.07 Å². The van der Waals surface area contributed by atoms with Gasteiger partial charge in [0.05, 0.1) is 7.11 Å². The second kappa shape index (κ2) is 4.04. The van der Waals surface area contributed by atoms with Crippen molar-refractivity contribution in [2.45, 2.75) is 25.3 Å². The molecule has 2 heteroatoms. The molecule has 1 atom stereocenters. The Hall–Kier alpha value is -1.54. The van der Waals surface area contributed by atoms with Gasteiger partial charge in [-0.15, -0.1) is 0 Å². The normalized spacial score (nSPS) is 19.1. The Morgan fingerprint density at radius 3 is 2.88 bits per heavy atom. The molecule has 1 unspecified atom stereocenters. The fourth-order valence-electron chi connectivity index (χ4n) is 2.79. The van der Waals surface area contributed by atoms with Crippen molar-refractivity contribution in [1.29, 1.82) is 0 Å². The molecule has 0 saturated heterocycles. The fourth-order valence-corrected chi connectivity index (χ4v) is 2.79. The summed E-state index contributed by atoms with van der Waals surface area (Å²) in [5.74, 6) is 0.949. The maximum absolute atomic E-state index is 6.08. The van der Waals surface area contributed by atoms with Crippen LogP contribution in [0.5, 0.6) is 5.75 Å². The third kappa shape index (κ3) is 1.69. The van der Waals surface area contributed by atoms with E-state index in [0.29, 0.717) is 6.04 Å². The Labute approximate surface area is 101 Å². The molecule has 0 heterocycles. The molecular weight excluding hydrogens is 210 g/mol. The fraction of sp³-hybridized carbons (Fsp3) is 0.333. The van der Waals surface area contributed by atoms with Crippen LogP contribution in [0.15, 0.2) is 30.3 Å². The Morgan fingerprint density at radius 1 is 1.18 bits per heavy atom. The monoisotopic (exact) mass is 227 g/mol. The van der Waals surface area contributed by atoms with E-state index in [0.717, 1.165) is 25.0 Å². The highest BCUT2D eigenvalue weighted by atomic mass is 16.5.